The van der Waals surface area contributed by atoms with E-state index in [1.807, 2.05) is 0 Å². The molecule has 4 nitrogen and oxygen atoms in total. The van der Waals surface area contributed by atoms with Crippen LogP contribution in [-0.4, -0.2) is 40.9 Å². The molecule has 0 radical (unpaired) electrons. The molecule has 2 amide bonds. The molecule has 1 aromatic carbocycles. The summed E-state index contributed by atoms with van der Waals surface area (Å²) >= 11 is 7.20. The molecular weight excluding hydrogens is 327 g/mol. The number of amides is 2. The highest BCUT2D eigenvalue weighted by Gasteiger charge is 2.36. The minimum Gasteiger partial charge on any atom is -0.354 e. The Bertz CT molecular complexity index is 609. The molecular formula is C15H16ClFN2O2S. The first-order chi connectivity index (χ1) is 10.6. The molecule has 1 atom stereocenters. The molecule has 1 saturated heterocycles. The van der Waals surface area contributed by atoms with Crippen LogP contribution in [0.25, 0.3) is 0 Å². The van der Waals surface area contributed by atoms with Crippen molar-refractivity contribution in [3.63, 3.8) is 0 Å². The Morgan fingerprint density at radius 3 is 2.86 bits per heavy atom. The fourth-order valence-electron chi connectivity index (χ4n) is 2.36. The number of carbonyl (C=O) groups is 2. The summed E-state index contributed by atoms with van der Waals surface area (Å²) in [5.41, 5.74) is -0.0492. The van der Waals surface area contributed by atoms with Gasteiger partial charge in [-0.1, -0.05) is 11.6 Å². The van der Waals surface area contributed by atoms with Gasteiger partial charge in [0, 0.05) is 17.3 Å². The van der Waals surface area contributed by atoms with Crippen LogP contribution < -0.4 is 5.32 Å². The second-order valence-electron chi connectivity index (χ2n) is 5.60. The van der Waals surface area contributed by atoms with Crippen LogP contribution in [0.2, 0.25) is 5.02 Å². The summed E-state index contributed by atoms with van der Waals surface area (Å²) in [5.74, 6) is 0.229. The lowest BCUT2D eigenvalue weighted by molar-refractivity contribution is -0.124. The van der Waals surface area contributed by atoms with Crippen molar-refractivity contribution >= 4 is 35.2 Å². The summed E-state index contributed by atoms with van der Waals surface area (Å²) in [6, 6.07) is 3.41. The zero-order chi connectivity index (χ0) is 15.7. The Morgan fingerprint density at radius 1 is 1.41 bits per heavy atom. The molecule has 1 aromatic rings. The highest BCUT2D eigenvalue weighted by Crippen LogP contribution is 2.28. The number of nitrogens with zero attached hydrogens (tertiary/aromatic N) is 1. The largest absolute Gasteiger partial charge is 0.354 e. The maximum absolute atomic E-state index is 13.9. The van der Waals surface area contributed by atoms with E-state index in [2.05, 4.69) is 5.32 Å². The van der Waals surface area contributed by atoms with Gasteiger partial charge in [0.05, 0.1) is 11.4 Å². The summed E-state index contributed by atoms with van der Waals surface area (Å²) in [4.78, 5) is 26.2. The highest BCUT2D eigenvalue weighted by atomic mass is 35.5. The number of hydrogen-bond acceptors (Lipinski definition) is 3. The smallest absolute Gasteiger partial charge is 0.258 e. The molecule has 0 bridgehead atoms. The molecule has 0 spiro atoms. The van der Waals surface area contributed by atoms with E-state index in [1.165, 1.54) is 28.8 Å². The fourth-order valence-corrected chi connectivity index (χ4v) is 3.68. The second-order valence-corrected chi connectivity index (χ2v) is 7.04. The Hall–Kier alpha value is -1.27. The number of carbonyl (C=O) groups excluding carboxylic acids is 2. The Labute approximate surface area is 137 Å². The van der Waals surface area contributed by atoms with Crippen LogP contribution in [-0.2, 0) is 4.79 Å². The monoisotopic (exact) mass is 342 g/mol. The number of rotatable bonds is 4. The standard InChI is InChI=1S/C15H16ClFN2O2S/c16-10-3-4-11(12(17)5-10)15(21)19-8-22-7-13(19)14(20)18-6-9-1-2-9/h3-5,9,13H,1-2,6-8H2,(H,18,20)/t13-/m0/s1. The molecule has 0 unspecified atom stereocenters. The molecule has 1 aliphatic heterocycles. The van der Waals surface area contributed by atoms with Gasteiger partial charge in [-0.05, 0) is 37.0 Å². The van der Waals surface area contributed by atoms with E-state index < -0.39 is 17.8 Å². The van der Waals surface area contributed by atoms with Crippen molar-refractivity contribution in [3.8, 4) is 0 Å². The summed E-state index contributed by atoms with van der Waals surface area (Å²) in [5, 5.41) is 3.12. The topological polar surface area (TPSA) is 49.4 Å². The van der Waals surface area contributed by atoms with Gasteiger partial charge in [-0.3, -0.25) is 9.59 Å². The second kappa shape index (κ2) is 6.46. The van der Waals surface area contributed by atoms with Crippen LogP contribution in [0.3, 0.4) is 0 Å². The Morgan fingerprint density at radius 2 is 2.18 bits per heavy atom. The molecule has 2 aliphatic rings. The maximum atomic E-state index is 13.9. The summed E-state index contributed by atoms with van der Waals surface area (Å²) in [7, 11) is 0. The number of thioether (sulfide) groups is 1. The molecule has 118 valence electrons. The quantitative estimate of drug-likeness (QED) is 0.914. The summed E-state index contributed by atoms with van der Waals surface area (Å²) in [6.45, 7) is 0.664. The molecule has 1 heterocycles. The minimum absolute atomic E-state index is 0.0492. The van der Waals surface area contributed by atoms with Crippen molar-refractivity contribution in [2.24, 2.45) is 5.92 Å². The molecule has 22 heavy (non-hydrogen) atoms. The first kappa shape index (κ1) is 15.6. The lowest BCUT2D eigenvalue weighted by atomic mass is 10.1. The molecule has 1 N–H and O–H groups in total. The van der Waals surface area contributed by atoms with Gasteiger partial charge >= 0.3 is 0 Å². The van der Waals surface area contributed by atoms with Crippen molar-refractivity contribution in [1.82, 2.24) is 10.2 Å². The molecule has 2 fully saturated rings. The zero-order valence-electron chi connectivity index (χ0n) is 11.9. The number of benzene rings is 1. The third-order valence-electron chi connectivity index (χ3n) is 3.87. The minimum atomic E-state index is -0.661. The van der Waals surface area contributed by atoms with Crippen molar-refractivity contribution in [3.05, 3.63) is 34.6 Å². The normalized spacial score (nSPS) is 21.0. The van der Waals surface area contributed by atoms with E-state index in [-0.39, 0.29) is 16.5 Å². The van der Waals surface area contributed by atoms with E-state index >= 15 is 0 Å². The van der Waals surface area contributed by atoms with Gasteiger partial charge < -0.3 is 10.2 Å². The third-order valence-corrected chi connectivity index (χ3v) is 5.12. The average molecular weight is 343 g/mol. The SMILES string of the molecule is O=C(NCC1CC1)[C@@H]1CSCN1C(=O)c1ccc(Cl)cc1F. The molecule has 1 aliphatic carbocycles. The van der Waals surface area contributed by atoms with E-state index in [9.17, 15) is 14.0 Å². The zero-order valence-corrected chi connectivity index (χ0v) is 13.4. The van der Waals surface area contributed by atoms with Gasteiger partial charge in [-0.2, -0.15) is 0 Å². The van der Waals surface area contributed by atoms with Gasteiger partial charge in [0.2, 0.25) is 5.91 Å². The van der Waals surface area contributed by atoms with Crippen molar-refractivity contribution in [2.75, 3.05) is 18.2 Å². The number of hydrogen-bond donors (Lipinski definition) is 1. The highest BCUT2D eigenvalue weighted by molar-refractivity contribution is 7.99. The molecule has 0 aromatic heterocycles. The summed E-state index contributed by atoms with van der Waals surface area (Å²) < 4.78 is 13.9. The van der Waals surface area contributed by atoms with Crippen molar-refractivity contribution in [2.45, 2.75) is 18.9 Å². The predicted molar refractivity (Wildman–Crippen MR) is 84.4 cm³/mol. The van der Waals surface area contributed by atoms with Crippen molar-refractivity contribution in [1.29, 1.82) is 0 Å². The molecule has 7 heteroatoms. The van der Waals surface area contributed by atoms with Gasteiger partial charge in [0.15, 0.2) is 0 Å². The number of nitrogens with one attached hydrogen (secondary N) is 1. The van der Waals surface area contributed by atoms with Gasteiger partial charge in [-0.25, -0.2) is 4.39 Å². The first-order valence-electron chi connectivity index (χ1n) is 7.17. The predicted octanol–water partition coefficient (Wildman–Crippen LogP) is 2.52. The van der Waals surface area contributed by atoms with E-state index in [4.69, 9.17) is 11.6 Å². The van der Waals surface area contributed by atoms with Crippen LogP contribution in [0.5, 0.6) is 0 Å². The van der Waals surface area contributed by atoms with Crippen LogP contribution in [0, 0.1) is 11.7 Å². The van der Waals surface area contributed by atoms with Gasteiger partial charge in [0.25, 0.3) is 5.91 Å². The van der Waals surface area contributed by atoms with Crippen molar-refractivity contribution < 1.29 is 14.0 Å². The lowest BCUT2D eigenvalue weighted by Crippen LogP contribution is -2.47. The van der Waals surface area contributed by atoms with Crippen LogP contribution in [0.1, 0.15) is 23.2 Å². The van der Waals surface area contributed by atoms with Crippen LogP contribution >= 0.6 is 23.4 Å². The number of halogens is 2. The van der Waals surface area contributed by atoms with Gasteiger partial charge in [-0.15, -0.1) is 11.8 Å². The molecule has 1 saturated carbocycles. The first-order valence-corrected chi connectivity index (χ1v) is 8.71. The fraction of sp³-hybridized carbons (Fsp3) is 0.467. The summed E-state index contributed by atoms with van der Waals surface area (Å²) in [6.07, 6.45) is 2.30. The third kappa shape index (κ3) is 3.38. The Balaban J connectivity index is 1.71. The van der Waals surface area contributed by atoms with Crippen LogP contribution in [0.4, 0.5) is 4.39 Å². The van der Waals surface area contributed by atoms with E-state index in [0.29, 0.717) is 24.1 Å². The van der Waals surface area contributed by atoms with E-state index in [1.54, 1.807) is 0 Å². The van der Waals surface area contributed by atoms with Crippen LogP contribution in [0.15, 0.2) is 18.2 Å². The van der Waals surface area contributed by atoms with Gasteiger partial charge in [0.1, 0.15) is 11.9 Å². The molecule has 3 rings (SSSR count). The average Bonchev–Trinajstić information content (AvgIpc) is 3.18. The maximum Gasteiger partial charge on any atom is 0.258 e. The van der Waals surface area contributed by atoms with E-state index in [0.717, 1.165) is 18.9 Å². The Kier molecular flexibility index (Phi) is 4.59. The lowest BCUT2D eigenvalue weighted by Gasteiger charge is -2.23.